The molecule has 0 unspecified atom stereocenters. The fourth-order valence-corrected chi connectivity index (χ4v) is 4.30. The fraction of sp³-hybridized carbons (Fsp3) is 0.353. The van der Waals surface area contributed by atoms with Gasteiger partial charge in [0.1, 0.15) is 5.00 Å². The number of carbonyl (C=O) groups is 1. The Bertz CT molecular complexity index is 696. The monoisotopic (exact) mass is 335 g/mol. The number of esters is 1. The van der Waals surface area contributed by atoms with Crippen molar-refractivity contribution in [2.45, 2.75) is 32.2 Å². The van der Waals surface area contributed by atoms with E-state index in [0.717, 1.165) is 34.8 Å². The highest BCUT2D eigenvalue weighted by Crippen LogP contribution is 2.38. The Morgan fingerprint density at radius 1 is 1.32 bits per heavy atom. The third-order valence-corrected chi connectivity index (χ3v) is 5.58. The van der Waals surface area contributed by atoms with Gasteiger partial charge < -0.3 is 10.1 Å². The number of aryl methyl sites for hydroxylation is 1. The van der Waals surface area contributed by atoms with E-state index in [0.29, 0.717) is 12.1 Å². The molecule has 0 radical (unpaired) electrons. The van der Waals surface area contributed by atoms with Gasteiger partial charge in [-0.05, 0) is 42.9 Å². The zero-order valence-electron chi connectivity index (χ0n) is 12.4. The van der Waals surface area contributed by atoms with Crippen LogP contribution in [0.4, 0.5) is 5.00 Å². The number of nitrogens with one attached hydrogen (secondary N) is 1. The van der Waals surface area contributed by atoms with Crippen LogP contribution >= 0.6 is 22.9 Å². The van der Waals surface area contributed by atoms with E-state index in [1.807, 2.05) is 24.3 Å². The second kappa shape index (κ2) is 6.71. The Kier molecular flexibility index (Phi) is 4.69. The third kappa shape index (κ3) is 2.99. The van der Waals surface area contributed by atoms with Crippen LogP contribution in [0.15, 0.2) is 24.3 Å². The predicted octanol–water partition coefficient (Wildman–Crippen LogP) is 4.68. The van der Waals surface area contributed by atoms with Gasteiger partial charge >= 0.3 is 5.97 Å². The summed E-state index contributed by atoms with van der Waals surface area (Å²) in [6, 6.07) is 7.74. The van der Waals surface area contributed by atoms with Crippen LogP contribution in [0.3, 0.4) is 0 Å². The number of thiophene rings is 1. The van der Waals surface area contributed by atoms with Gasteiger partial charge in [0, 0.05) is 16.4 Å². The van der Waals surface area contributed by atoms with Crippen LogP contribution in [0.5, 0.6) is 0 Å². The number of ether oxygens (including phenoxy) is 1. The number of hydrogen-bond acceptors (Lipinski definition) is 4. The van der Waals surface area contributed by atoms with E-state index in [1.54, 1.807) is 11.3 Å². The number of carbonyl (C=O) groups excluding carboxylic acids is 1. The average Bonchev–Trinajstić information content (AvgIpc) is 2.91. The highest BCUT2D eigenvalue weighted by molar-refractivity contribution is 7.16. The molecule has 1 heterocycles. The largest absolute Gasteiger partial charge is 0.465 e. The molecular formula is C17H18ClNO2S. The van der Waals surface area contributed by atoms with Crippen molar-refractivity contribution in [1.29, 1.82) is 0 Å². The highest BCUT2D eigenvalue weighted by atomic mass is 35.5. The summed E-state index contributed by atoms with van der Waals surface area (Å²) in [6.07, 6.45) is 4.34. The minimum atomic E-state index is -0.249. The first-order valence-electron chi connectivity index (χ1n) is 7.41. The molecule has 0 bridgehead atoms. The molecule has 1 N–H and O–H groups in total. The Morgan fingerprint density at radius 2 is 2.09 bits per heavy atom. The van der Waals surface area contributed by atoms with Crippen LogP contribution in [-0.4, -0.2) is 13.1 Å². The van der Waals surface area contributed by atoms with Crippen molar-refractivity contribution in [2.24, 2.45) is 0 Å². The van der Waals surface area contributed by atoms with E-state index in [2.05, 4.69) is 5.32 Å². The number of rotatable bonds is 4. The minimum Gasteiger partial charge on any atom is -0.465 e. The number of anilines is 1. The minimum absolute atomic E-state index is 0.249. The van der Waals surface area contributed by atoms with E-state index in [9.17, 15) is 4.79 Å². The van der Waals surface area contributed by atoms with E-state index < -0.39 is 0 Å². The lowest BCUT2D eigenvalue weighted by Crippen LogP contribution is -2.10. The number of fused-ring (bicyclic) bond motifs is 1. The summed E-state index contributed by atoms with van der Waals surface area (Å²) in [4.78, 5) is 13.5. The Hall–Kier alpha value is -1.52. The summed E-state index contributed by atoms with van der Waals surface area (Å²) < 4.78 is 4.98. The van der Waals surface area contributed by atoms with Gasteiger partial charge in [0.05, 0.1) is 12.7 Å². The Morgan fingerprint density at radius 3 is 2.86 bits per heavy atom. The van der Waals surface area contributed by atoms with Crippen LogP contribution in [0.1, 0.15) is 39.2 Å². The molecular weight excluding hydrogens is 318 g/mol. The number of benzene rings is 1. The van der Waals surface area contributed by atoms with Gasteiger partial charge in [-0.15, -0.1) is 11.3 Å². The third-order valence-electron chi connectivity index (χ3n) is 3.96. The molecule has 3 nitrogen and oxygen atoms in total. The average molecular weight is 336 g/mol. The molecule has 1 aliphatic carbocycles. The predicted molar refractivity (Wildman–Crippen MR) is 91.1 cm³/mol. The van der Waals surface area contributed by atoms with E-state index in [-0.39, 0.29) is 5.97 Å². The first-order chi connectivity index (χ1) is 10.7. The Labute approximate surface area is 139 Å². The topological polar surface area (TPSA) is 38.3 Å². The molecule has 0 fully saturated rings. The second-order valence-electron chi connectivity index (χ2n) is 5.35. The molecule has 1 aromatic heterocycles. The van der Waals surface area contributed by atoms with E-state index in [4.69, 9.17) is 16.3 Å². The molecule has 0 spiro atoms. The normalized spacial score (nSPS) is 13.5. The fourth-order valence-electron chi connectivity index (χ4n) is 2.83. The van der Waals surface area contributed by atoms with Gasteiger partial charge in [-0.1, -0.05) is 29.8 Å². The molecule has 0 saturated carbocycles. The van der Waals surface area contributed by atoms with Gasteiger partial charge in [0.2, 0.25) is 0 Å². The molecule has 116 valence electrons. The van der Waals surface area contributed by atoms with Crippen molar-refractivity contribution in [3.8, 4) is 0 Å². The Balaban J connectivity index is 1.88. The quantitative estimate of drug-likeness (QED) is 0.824. The lowest BCUT2D eigenvalue weighted by molar-refractivity contribution is 0.0601. The standard InChI is InChI=1S/C17H18ClNO2S/c1-21-17(20)15-12-7-3-5-9-14(12)22-16(15)19-10-11-6-2-4-8-13(11)18/h2,4,6,8,19H,3,5,7,9-10H2,1H3. The van der Waals surface area contributed by atoms with Gasteiger partial charge in [0.25, 0.3) is 0 Å². The smallest absolute Gasteiger partial charge is 0.341 e. The SMILES string of the molecule is COC(=O)c1c(NCc2ccccc2Cl)sc2c1CCCC2. The molecule has 0 aliphatic heterocycles. The summed E-state index contributed by atoms with van der Waals surface area (Å²) in [5, 5.41) is 5.01. The van der Waals surface area contributed by atoms with Crippen LogP contribution < -0.4 is 5.32 Å². The molecule has 5 heteroatoms. The molecule has 22 heavy (non-hydrogen) atoms. The summed E-state index contributed by atoms with van der Waals surface area (Å²) in [7, 11) is 1.44. The molecule has 2 aromatic rings. The van der Waals surface area contributed by atoms with Gasteiger partial charge in [-0.25, -0.2) is 4.79 Å². The van der Waals surface area contributed by atoms with Crippen molar-refractivity contribution in [2.75, 3.05) is 12.4 Å². The number of halogens is 1. The number of methoxy groups -OCH3 is 1. The second-order valence-corrected chi connectivity index (χ2v) is 6.86. The van der Waals surface area contributed by atoms with Crippen molar-refractivity contribution >= 4 is 33.9 Å². The zero-order valence-corrected chi connectivity index (χ0v) is 14.0. The maximum atomic E-state index is 12.2. The van der Waals surface area contributed by atoms with Gasteiger partial charge in [-0.2, -0.15) is 0 Å². The van der Waals surface area contributed by atoms with Crippen LogP contribution in [-0.2, 0) is 24.1 Å². The summed E-state index contributed by atoms with van der Waals surface area (Å²) in [5.41, 5.74) is 2.91. The number of hydrogen-bond donors (Lipinski definition) is 1. The molecule has 0 amide bonds. The van der Waals surface area contributed by atoms with Gasteiger partial charge in [-0.3, -0.25) is 0 Å². The molecule has 1 aliphatic rings. The maximum absolute atomic E-state index is 12.2. The summed E-state index contributed by atoms with van der Waals surface area (Å²) in [5.74, 6) is -0.249. The summed E-state index contributed by atoms with van der Waals surface area (Å²) in [6.45, 7) is 0.600. The molecule has 3 rings (SSSR count). The maximum Gasteiger partial charge on any atom is 0.341 e. The first kappa shape index (κ1) is 15.4. The van der Waals surface area contributed by atoms with Gasteiger partial charge in [0.15, 0.2) is 0 Å². The van der Waals surface area contributed by atoms with Crippen LogP contribution in [0.25, 0.3) is 0 Å². The lowest BCUT2D eigenvalue weighted by Gasteiger charge is -2.12. The molecule has 0 saturated heterocycles. The van der Waals surface area contributed by atoms with Crippen LogP contribution in [0.2, 0.25) is 5.02 Å². The van der Waals surface area contributed by atoms with E-state index in [1.165, 1.54) is 24.0 Å². The van der Waals surface area contributed by atoms with Crippen molar-refractivity contribution in [3.05, 3.63) is 50.9 Å². The van der Waals surface area contributed by atoms with Crippen LogP contribution in [0, 0.1) is 0 Å². The molecule has 1 aromatic carbocycles. The van der Waals surface area contributed by atoms with Crippen molar-refractivity contribution in [1.82, 2.24) is 0 Å². The molecule has 0 atom stereocenters. The van der Waals surface area contributed by atoms with E-state index >= 15 is 0 Å². The van der Waals surface area contributed by atoms with Crippen molar-refractivity contribution < 1.29 is 9.53 Å². The highest BCUT2D eigenvalue weighted by Gasteiger charge is 2.25. The van der Waals surface area contributed by atoms with Crippen molar-refractivity contribution in [3.63, 3.8) is 0 Å². The first-order valence-corrected chi connectivity index (χ1v) is 8.60. The summed E-state index contributed by atoms with van der Waals surface area (Å²) >= 11 is 7.87. The zero-order chi connectivity index (χ0) is 15.5. The lowest BCUT2D eigenvalue weighted by atomic mass is 9.95.